The van der Waals surface area contributed by atoms with Crippen LogP contribution in [0.5, 0.6) is 5.75 Å². The number of nitrogens with zero attached hydrogens (tertiary/aromatic N) is 2. The van der Waals surface area contributed by atoms with Gasteiger partial charge in [0.25, 0.3) is 5.91 Å². The van der Waals surface area contributed by atoms with Gasteiger partial charge < -0.3 is 35.0 Å². The van der Waals surface area contributed by atoms with E-state index in [1.807, 2.05) is 60.5 Å². The summed E-state index contributed by atoms with van der Waals surface area (Å²) in [6.45, 7) is 1.26. The molecular formula is C34H37N3O6. The van der Waals surface area contributed by atoms with E-state index < -0.39 is 12.4 Å². The number of carbonyl (C=O) groups is 1. The first-order chi connectivity index (χ1) is 20.9. The summed E-state index contributed by atoms with van der Waals surface area (Å²) in [4.78, 5) is 18.4. The monoisotopic (exact) mass is 583 g/mol. The maximum Gasteiger partial charge on any atom is 0.253 e. The molecule has 0 spiro atoms. The van der Waals surface area contributed by atoms with E-state index in [0.29, 0.717) is 37.2 Å². The van der Waals surface area contributed by atoms with E-state index in [0.717, 1.165) is 22.3 Å². The molecule has 1 amide bonds. The van der Waals surface area contributed by atoms with E-state index in [1.54, 1.807) is 42.6 Å². The molecule has 9 heteroatoms. The quantitative estimate of drug-likeness (QED) is 0.205. The van der Waals surface area contributed by atoms with Crippen LogP contribution in [0.1, 0.15) is 63.1 Å². The number of likely N-dealkylation sites (N-methyl/N-ethyl adjacent to an activating group) is 1. The lowest BCUT2D eigenvalue weighted by atomic mass is 9.99. The van der Waals surface area contributed by atoms with Crippen molar-refractivity contribution in [1.82, 2.24) is 15.2 Å². The molecule has 5 rings (SSSR count). The zero-order chi connectivity index (χ0) is 30.2. The van der Waals surface area contributed by atoms with Gasteiger partial charge in [-0.05, 0) is 53.6 Å². The number of ether oxygens (including phenoxy) is 2. The second-order valence-electron chi connectivity index (χ2n) is 10.8. The summed E-state index contributed by atoms with van der Waals surface area (Å²) in [7, 11) is 1.93. The number of carbonyl (C=O) groups excluding carboxylic acids is 1. The van der Waals surface area contributed by atoms with E-state index in [-0.39, 0.29) is 30.5 Å². The Kier molecular flexibility index (Phi) is 10.1. The van der Waals surface area contributed by atoms with Gasteiger partial charge in [0.2, 0.25) is 0 Å². The molecule has 0 bridgehead atoms. The Morgan fingerprint density at radius 1 is 1.00 bits per heavy atom. The SMILES string of the molecule is CN(C[C@@H]1C[C@H](c2ccc(CO)cc2)O[C@H](c2ccc(CNC(=O)c3cccnc3)cc2)O1)C[C@@H](O)c1cccc(O)c1. The minimum atomic E-state index is -0.763. The number of amides is 1. The van der Waals surface area contributed by atoms with Gasteiger partial charge in [0.05, 0.1) is 30.5 Å². The number of hydrogen-bond donors (Lipinski definition) is 4. The van der Waals surface area contributed by atoms with Crippen LogP contribution in [-0.4, -0.2) is 57.4 Å². The van der Waals surface area contributed by atoms with E-state index in [1.165, 1.54) is 6.20 Å². The van der Waals surface area contributed by atoms with Crippen LogP contribution in [0.25, 0.3) is 0 Å². The number of hydrogen-bond acceptors (Lipinski definition) is 8. The van der Waals surface area contributed by atoms with Crippen LogP contribution < -0.4 is 5.32 Å². The molecule has 0 saturated carbocycles. The van der Waals surface area contributed by atoms with Crippen molar-refractivity contribution in [3.05, 3.63) is 131 Å². The predicted molar refractivity (Wildman–Crippen MR) is 161 cm³/mol. The molecular weight excluding hydrogens is 546 g/mol. The molecule has 43 heavy (non-hydrogen) atoms. The van der Waals surface area contributed by atoms with E-state index >= 15 is 0 Å². The molecule has 224 valence electrons. The normalized spacial score (nSPS) is 19.2. The summed E-state index contributed by atoms with van der Waals surface area (Å²) in [5.74, 6) is -0.0703. The summed E-state index contributed by atoms with van der Waals surface area (Å²) < 4.78 is 12.9. The van der Waals surface area contributed by atoms with Crippen LogP contribution in [0.3, 0.4) is 0 Å². The van der Waals surface area contributed by atoms with Gasteiger partial charge in [-0.2, -0.15) is 0 Å². The molecule has 1 aliphatic heterocycles. The molecule has 1 saturated heterocycles. The lowest BCUT2D eigenvalue weighted by molar-refractivity contribution is -0.252. The third-order valence-corrected chi connectivity index (χ3v) is 7.50. The summed E-state index contributed by atoms with van der Waals surface area (Å²) in [5, 5.41) is 32.9. The molecule has 3 aromatic carbocycles. The highest BCUT2D eigenvalue weighted by atomic mass is 16.7. The van der Waals surface area contributed by atoms with Crippen LogP contribution in [0.4, 0.5) is 0 Å². The Hall–Kier alpha value is -4.12. The zero-order valence-electron chi connectivity index (χ0n) is 24.0. The van der Waals surface area contributed by atoms with Gasteiger partial charge in [-0.3, -0.25) is 9.78 Å². The molecule has 1 aromatic heterocycles. The highest BCUT2D eigenvalue weighted by molar-refractivity contribution is 5.93. The van der Waals surface area contributed by atoms with E-state index in [2.05, 4.69) is 10.3 Å². The van der Waals surface area contributed by atoms with Crippen molar-refractivity contribution in [2.75, 3.05) is 20.1 Å². The molecule has 2 heterocycles. The number of aliphatic hydroxyl groups excluding tert-OH is 2. The number of phenols is 1. The lowest BCUT2D eigenvalue weighted by Crippen LogP contribution is -2.39. The van der Waals surface area contributed by atoms with Crippen LogP contribution >= 0.6 is 0 Å². The fraction of sp³-hybridized carbons (Fsp3) is 0.294. The second kappa shape index (κ2) is 14.4. The van der Waals surface area contributed by atoms with Crippen LogP contribution in [0.2, 0.25) is 0 Å². The fourth-order valence-corrected chi connectivity index (χ4v) is 5.16. The van der Waals surface area contributed by atoms with Crippen molar-refractivity contribution in [2.24, 2.45) is 0 Å². The summed E-state index contributed by atoms with van der Waals surface area (Å²) in [6.07, 6.45) is 1.96. The summed E-state index contributed by atoms with van der Waals surface area (Å²) in [5.41, 5.74) is 4.77. The molecule has 0 radical (unpaired) electrons. The van der Waals surface area contributed by atoms with Gasteiger partial charge in [0.15, 0.2) is 6.29 Å². The highest BCUT2D eigenvalue weighted by Crippen LogP contribution is 2.38. The maximum absolute atomic E-state index is 12.4. The molecule has 9 nitrogen and oxygen atoms in total. The fourth-order valence-electron chi connectivity index (χ4n) is 5.16. The van der Waals surface area contributed by atoms with Crippen molar-refractivity contribution in [2.45, 2.75) is 44.2 Å². The van der Waals surface area contributed by atoms with Crippen molar-refractivity contribution >= 4 is 5.91 Å². The minimum Gasteiger partial charge on any atom is -0.508 e. The largest absolute Gasteiger partial charge is 0.508 e. The van der Waals surface area contributed by atoms with Crippen molar-refractivity contribution in [3.63, 3.8) is 0 Å². The van der Waals surface area contributed by atoms with Gasteiger partial charge in [-0.25, -0.2) is 0 Å². The van der Waals surface area contributed by atoms with E-state index in [9.17, 15) is 20.1 Å². The van der Waals surface area contributed by atoms with Gasteiger partial charge >= 0.3 is 0 Å². The maximum atomic E-state index is 12.4. The summed E-state index contributed by atoms with van der Waals surface area (Å²) in [6, 6.07) is 25.6. The van der Waals surface area contributed by atoms with Crippen molar-refractivity contribution in [1.29, 1.82) is 0 Å². The minimum absolute atomic E-state index is 0.0263. The zero-order valence-corrected chi connectivity index (χ0v) is 24.0. The van der Waals surface area contributed by atoms with Crippen molar-refractivity contribution in [3.8, 4) is 5.75 Å². The van der Waals surface area contributed by atoms with Gasteiger partial charge in [0.1, 0.15) is 5.75 Å². The Bertz CT molecular complexity index is 1470. The molecule has 0 unspecified atom stereocenters. The number of aromatic nitrogens is 1. The van der Waals surface area contributed by atoms with Crippen LogP contribution in [-0.2, 0) is 22.6 Å². The first kappa shape index (κ1) is 30.3. The van der Waals surface area contributed by atoms with E-state index in [4.69, 9.17) is 9.47 Å². The number of rotatable bonds is 11. The predicted octanol–water partition coefficient (Wildman–Crippen LogP) is 4.42. The molecule has 1 fully saturated rings. The Morgan fingerprint density at radius 3 is 2.44 bits per heavy atom. The average Bonchev–Trinajstić information content (AvgIpc) is 3.04. The molecule has 4 N–H and O–H groups in total. The number of nitrogens with one attached hydrogen (secondary N) is 1. The number of benzene rings is 3. The van der Waals surface area contributed by atoms with Crippen LogP contribution in [0.15, 0.2) is 97.3 Å². The first-order valence-electron chi connectivity index (χ1n) is 14.3. The summed E-state index contributed by atoms with van der Waals surface area (Å²) >= 11 is 0. The van der Waals surface area contributed by atoms with Gasteiger partial charge in [0, 0.05) is 44.0 Å². The molecule has 4 aromatic rings. The molecule has 1 aliphatic rings. The van der Waals surface area contributed by atoms with Gasteiger partial charge in [-0.15, -0.1) is 0 Å². The number of pyridine rings is 1. The Balaban J connectivity index is 1.26. The lowest BCUT2D eigenvalue weighted by Gasteiger charge is -2.38. The van der Waals surface area contributed by atoms with Crippen LogP contribution in [0, 0.1) is 0 Å². The topological polar surface area (TPSA) is 124 Å². The number of phenolic OH excluding ortho intramolecular Hbond substituents is 1. The second-order valence-corrected chi connectivity index (χ2v) is 10.8. The van der Waals surface area contributed by atoms with Gasteiger partial charge in [-0.1, -0.05) is 60.7 Å². The van der Waals surface area contributed by atoms with Crippen molar-refractivity contribution < 1.29 is 29.6 Å². The third kappa shape index (κ3) is 8.25. The first-order valence-corrected chi connectivity index (χ1v) is 14.3. The smallest absolute Gasteiger partial charge is 0.253 e. The Labute approximate surface area is 251 Å². The molecule has 0 aliphatic carbocycles. The Morgan fingerprint density at radius 2 is 1.74 bits per heavy atom. The average molecular weight is 584 g/mol. The molecule has 4 atom stereocenters. The highest BCUT2D eigenvalue weighted by Gasteiger charge is 2.33. The standard InChI is InChI=1S/C34H37N3O6/c1-37(21-31(40)27-4-2-6-29(39)16-27)20-30-17-32(25-11-9-24(22-38)10-12-25)43-34(42-30)26-13-7-23(8-14-26)18-36-33(41)28-5-3-15-35-19-28/h2-16,19,30-32,34,38-40H,17-18,20-22H2,1H3,(H,36,41)/t30-,31+,32+,34+/m0/s1. The third-order valence-electron chi connectivity index (χ3n) is 7.50. The number of aliphatic hydroxyl groups is 2. The number of aromatic hydroxyl groups is 1.